The molecule has 0 aliphatic heterocycles. The summed E-state index contributed by atoms with van der Waals surface area (Å²) in [4.78, 5) is 26.4. The van der Waals surface area contributed by atoms with Gasteiger partial charge in [0.1, 0.15) is 0 Å². The van der Waals surface area contributed by atoms with E-state index in [1.807, 2.05) is 13.0 Å². The normalized spacial score (nSPS) is 54.1. The van der Waals surface area contributed by atoms with Gasteiger partial charge in [-0.3, -0.25) is 9.59 Å². The molecule has 0 aromatic carbocycles. The molecule has 0 heterocycles. The lowest BCUT2D eigenvalue weighted by atomic mass is 9.33. The van der Waals surface area contributed by atoms with E-state index in [0.717, 1.165) is 51.4 Å². The Labute approximate surface area is 206 Å². The highest BCUT2D eigenvalue weighted by atomic mass is 16.4. The number of hydrogen-bond donors (Lipinski definition) is 2. The van der Waals surface area contributed by atoms with Gasteiger partial charge in [-0.2, -0.15) is 0 Å². The van der Waals surface area contributed by atoms with Gasteiger partial charge in [0, 0.05) is 5.92 Å². The Hall–Kier alpha value is -1.16. The van der Waals surface area contributed by atoms with Crippen LogP contribution in [0, 0.1) is 50.2 Å². The van der Waals surface area contributed by atoms with Gasteiger partial charge in [0.25, 0.3) is 0 Å². The number of carboxylic acid groups (broad SMARTS) is 1. The standard InChI is InChI=1S/C30H46O4/c1-25(2)21-8-11-30(7)23(28(21,5)10-9-22(25)32)20(31)16-18-19-17-27(4,24(33)34)13-12-26(19,3)14-15-29(18,30)6/h16,19,21-23,32H,8-15,17H2,1-7H3,(H,33,34)/t19-,21?,22+,23?,26?,27+,28?,29?,30?/m1/s1. The van der Waals surface area contributed by atoms with E-state index in [1.54, 1.807) is 0 Å². The molecule has 0 aromatic rings. The monoisotopic (exact) mass is 470 g/mol. The molecule has 5 aliphatic rings. The van der Waals surface area contributed by atoms with Crippen molar-refractivity contribution >= 4 is 11.8 Å². The van der Waals surface area contributed by atoms with Gasteiger partial charge in [0.15, 0.2) is 5.78 Å². The van der Waals surface area contributed by atoms with Crippen LogP contribution in [0.5, 0.6) is 0 Å². The molecular formula is C30H46O4. The van der Waals surface area contributed by atoms with Gasteiger partial charge in [0.05, 0.1) is 11.5 Å². The van der Waals surface area contributed by atoms with Crippen LogP contribution in [0.25, 0.3) is 0 Å². The second kappa shape index (κ2) is 6.99. The van der Waals surface area contributed by atoms with Crippen molar-refractivity contribution in [1.29, 1.82) is 0 Å². The zero-order valence-electron chi connectivity index (χ0n) is 22.5. The fourth-order valence-electron chi connectivity index (χ4n) is 10.4. The summed E-state index contributed by atoms with van der Waals surface area (Å²) in [5.74, 6) is 0.0603. The number of aliphatic carboxylic acids is 1. The van der Waals surface area contributed by atoms with Crippen LogP contribution in [0.2, 0.25) is 0 Å². The molecule has 4 saturated carbocycles. The quantitative estimate of drug-likeness (QED) is 0.464. The summed E-state index contributed by atoms with van der Waals surface area (Å²) in [6.45, 7) is 15.8. The first-order valence-electron chi connectivity index (χ1n) is 13.7. The average molecular weight is 471 g/mol. The van der Waals surface area contributed by atoms with Crippen molar-refractivity contribution in [2.24, 2.45) is 50.2 Å². The molecule has 5 aliphatic carbocycles. The number of rotatable bonds is 1. The summed E-state index contributed by atoms with van der Waals surface area (Å²) in [5.41, 5.74) is 0.142. The molecule has 0 amide bonds. The molecule has 5 rings (SSSR count). The Morgan fingerprint density at radius 1 is 0.912 bits per heavy atom. The van der Waals surface area contributed by atoms with Crippen LogP contribution in [0.4, 0.5) is 0 Å². The first-order chi connectivity index (χ1) is 15.6. The van der Waals surface area contributed by atoms with Crippen molar-refractivity contribution in [3.63, 3.8) is 0 Å². The van der Waals surface area contributed by atoms with Gasteiger partial charge in [0.2, 0.25) is 0 Å². The number of carboxylic acids is 1. The molecule has 2 N–H and O–H groups in total. The third-order valence-corrected chi connectivity index (χ3v) is 13.1. The number of carbonyl (C=O) groups is 2. The molecule has 4 fully saturated rings. The van der Waals surface area contributed by atoms with Crippen molar-refractivity contribution in [2.75, 3.05) is 0 Å². The first-order valence-corrected chi connectivity index (χ1v) is 13.7. The topological polar surface area (TPSA) is 74.6 Å². The van der Waals surface area contributed by atoms with Crippen LogP contribution in [0.3, 0.4) is 0 Å². The second-order valence-corrected chi connectivity index (χ2v) is 14.9. The number of fused-ring (bicyclic) bond motifs is 7. The van der Waals surface area contributed by atoms with Crippen LogP contribution < -0.4 is 0 Å². The molecule has 9 atom stereocenters. The van der Waals surface area contributed by atoms with E-state index >= 15 is 0 Å². The number of aliphatic hydroxyl groups is 1. The van der Waals surface area contributed by atoms with Crippen LogP contribution >= 0.6 is 0 Å². The Balaban J connectivity index is 1.62. The maximum atomic E-state index is 14.2. The SMILES string of the molecule is CC12CC[C@H](O)C(C)(C)C1CCC1(C)C2C(=O)C=C2[C@H]3C[C@@](C)(C(=O)O)CCC3(C)CCC21C. The van der Waals surface area contributed by atoms with E-state index in [2.05, 4.69) is 41.5 Å². The number of carbonyl (C=O) groups excluding carboxylic acids is 1. The molecule has 6 unspecified atom stereocenters. The molecular weight excluding hydrogens is 424 g/mol. The molecule has 0 spiro atoms. The van der Waals surface area contributed by atoms with Crippen molar-refractivity contribution in [1.82, 2.24) is 0 Å². The average Bonchev–Trinajstić information content (AvgIpc) is 2.73. The van der Waals surface area contributed by atoms with Crippen molar-refractivity contribution in [3.05, 3.63) is 11.6 Å². The lowest BCUT2D eigenvalue weighted by Gasteiger charge is -2.70. The minimum absolute atomic E-state index is 0.0296. The van der Waals surface area contributed by atoms with E-state index in [1.165, 1.54) is 5.57 Å². The highest BCUT2D eigenvalue weighted by Gasteiger charge is 2.70. The molecule has 4 heteroatoms. The Kier molecular flexibility index (Phi) is 5.04. The smallest absolute Gasteiger partial charge is 0.309 e. The van der Waals surface area contributed by atoms with Crippen LogP contribution in [-0.4, -0.2) is 28.1 Å². The summed E-state index contributed by atoms with van der Waals surface area (Å²) in [6.07, 6.45) is 9.95. The summed E-state index contributed by atoms with van der Waals surface area (Å²) >= 11 is 0. The van der Waals surface area contributed by atoms with Gasteiger partial charge in [-0.05, 0) is 110 Å². The first kappa shape index (κ1) is 24.5. The summed E-state index contributed by atoms with van der Waals surface area (Å²) in [7, 11) is 0. The molecule has 0 aromatic heterocycles. The summed E-state index contributed by atoms with van der Waals surface area (Å²) in [6, 6.07) is 0. The lowest BCUT2D eigenvalue weighted by Crippen LogP contribution is -2.66. The van der Waals surface area contributed by atoms with E-state index in [-0.39, 0.29) is 50.8 Å². The fourth-order valence-corrected chi connectivity index (χ4v) is 10.4. The third-order valence-electron chi connectivity index (χ3n) is 13.1. The van der Waals surface area contributed by atoms with Crippen LogP contribution in [-0.2, 0) is 9.59 Å². The Morgan fingerprint density at radius 2 is 1.56 bits per heavy atom. The predicted molar refractivity (Wildman–Crippen MR) is 133 cm³/mol. The van der Waals surface area contributed by atoms with Gasteiger partial charge in [-0.25, -0.2) is 0 Å². The minimum Gasteiger partial charge on any atom is -0.481 e. The predicted octanol–water partition coefficient (Wildman–Crippen LogP) is 6.41. The van der Waals surface area contributed by atoms with Crippen LogP contribution in [0.1, 0.15) is 106 Å². The van der Waals surface area contributed by atoms with Crippen LogP contribution in [0.15, 0.2) is 11.6 Å². The van der Waals surface area contributed by atoms with Gasteiger partial charge in [-0.1, -0.05) is 47.1 Å². The molecule has 0 saturated heterocycles. The van der Waals surface area contributed by atoms with E-state index in [0.29, 0.717) is 12.3 Å². The van der Waals surface area contributed by atoms with Gasteiger partial charge in [-0.15, -0.1) is 0 Å². The van der Waals surface area contributed by atoms with Crippen molar-refractivity contribution in [3.8, 4) is 0 Å². The highest BCUT2D eigenvalue weighted by Crippen LogP contribution is 2.75. The van der Waals surface area contributed by atoms with Crippen molar-refractivity contribution in [2.45, 2.75) is 112 Å². The van der Waals surface area contributed by atoms with Crippen molar-refractivity contribution < 1.29 is 19.8 Å². The van der Waals surface area contributed by atoms with E-state index < -0.39 is 11.4 Å². The number of allylic oxidation sites excluding steroid dienone is 2. The summed E-state index contributed by atoms with van der Waals surface area (Å²) in [5, 5.41) is 20.9. The summed E-state index contributed by atoms with van der Waals surface area (Å²) < 4.78 is 0. The lowest BCUT2D eigenvalue weighted by molar-refractivity contribution is -0.202. The largest absolute Gasteiger partial charge is 0.481 e. The highest BCUT2D eigenvalue weighted by molar-refractivity contribution is 5.95. The minimum atomic E-state index is -0.711. The van der Waals surface area contributed by atoms with E-state index in [9.17, 15) is 19.8 Å². The molecule has 4 nitrogen and oxygen atoms in total. The number of hydrogen-bond acceptors (Lipinski definition) is 3. The zero-order valence-corrected chi connectivity index (χ0v) is 22.5. The third kappa shape index (κ3) is 2.81. The molecule has 34 heavy (non-hydrogen) atoms. The number of ketones is 1. The maximum absolute atomic E-state index is 14.2. The fraction of sp³-hybridized carbons (Fsp3) is 0.867. The zero-order chi connectivity index (χ0) is 25.1. The number of aliphatic hydroxyl groups excluding tert-OH is 1. The molecule has 0 radical (unpaired) electrons. The molecule has 190 valence electrons. The Morgan fingerprint density at radius 3 is 2.21 bits per heavy atom. The van der Waals surface area contributed by atoms with Gasteiger partial charge >= 0.3 is 5.97 Å². The maximum Gasteiger partial charge on any atom is 0.309 e. The molecule has 0 bridgehead atoms. The second-order valence-electron chi connectivity index (χ2n) is 14.9. The Bertz CT molecular complexity index is 965. The van der Waals surface area contributed by atoms with E-state index in [4.69, 9.17) is 0 Å². The van der Waals surface area contributed by atoms with Gasteiger partial charge < -0.3 is 10.2 Å².